The average molecular weight is 289 g/mol. The van der Waals surface area contributed by atoms with Gasteiger partial charge in [-0.2, -0.15) is 5.10 Å². The fourth-order valence-corrected chi connectivity index (χ4v) is 2.65. The molecule has 0 aliphatic carbocycles. The maximum Gasteiger partial charge on any atom is 0.245 e. The summed E-state index contributed by atoms with van der Waals surface area (Å²) in [5, 5.41) is 3.99. The Morgan fingerprint density at radius 2 is 2.16 bits per heavy atom. The van der Waals surface area contributed by atoms with Crippen LogP contribution in [0, 0.1) is 0 Å². The minimum absolute atomic E-state index is 0.0402. The summed E-state index contributed by atoms with van der Waals surface area (Å²) < 4.78 is 28.4. The van der Waals surface area contributed by atoms with E-state index >= 15 is 0 Å². The number of nitrogens with two attached hydrogens (primary N) is 1. The van der Waals surface area contributed by atoms with Crippen molar-refractivity contribution in [3.8, 4) is 0 Å². The van der Waals surface area contributed by atoms with Gasteiger partial charge in [-0.1, -0.05) is 6.92 Å². The number of nitrogens with zero attached hydrogens (tertiary/aromatic N) is 3. The standard InChI is InChI=1S/C11H23N5O2S/c1-5-6-16-8-10(11(12)14-16)19(17,18)13-7-9(2)15(3)4/h8-9,13H,5-7H2,1-4H3,(H2,12,14). The number of rotatable bonds is 7. The number of nitrogens with one attached hydrogen (secondary N) is 1. The third-order valence-electron chi connectivity index (χ3n) is 2.95. The fourth-order valence-electron chi connectivity index (χ4n) is 1.46. The van der Waals surface area contributed by atoms with Crippen molar-refractivity contribution in [3.63, 3.8) is 0 Å². The van der Waals surface area contributed by atoms with Crippen molar-refractivity contribution in [3.05, 3.63) is 6.20 Å². The second-order valence-electron chi connectivity index (χ2n) is 4.81. The average Bonchev–Trinajstić information content (AvgIpc) is 2.68. The van der Waals surface area contributed by atoms with Crippen LogP contribution in [0.25, 0.3) is 0 Å². The van der Waals surface area contributed by atoms with E-state index in [9.17, 15) is 8.42 Å². The highest BCUT2D eigenvalue weighted by Gasteiger charge is 2.21. The zero-order valence-corrected chi connectivity index (χ0v) is 12.7. The van der Waals surface area contributed by atoms with Gasteiger partial charge in [-0.3, -0.25) is 4.68 Å². The zero-order valence-electron chi connectivity index (χ0n) is 11.9. The number of anilines is 1. The third kappa shape index (κ3) is 4.19. The molecule has 19 heavy (non-hydrogen) atoms. The third-order valence-corrected chi connectivity index (χ3v) is 4.39. The highest BCUT2D eigenvalue weighted by atomic mass is 32.2. The number of hydrogen-bond acceptors (Lipinski definition) is 5. The van der Waals surface area contributed by atoms with Gasteiger partial charge in [0.25, 0.3) is 0 Å². The van der Waals surface area contributed by atoms with Gasteiger partial charge < -0.3 is 10.6 Å². The van der Waals surface area contributed by atoms with Crippen molar-refractivity contribution >= 4 is 15.8 Å². The van der Waals surface area contributed by atoms with E-state index in [4.69, 9.17) is 5.73 Å². The summed E-state index contributed by atoms with van der Waals surface area (Å²) in [4.78, 5) is 1.98. The van der Waals surface area contributed by atoms with Crippen LogP contribution in [0.1, 0.15) is 20.3 Å². The predicted octanol–water partition coefficient (Wildman–Crippen LogP) is 0.104. The van der Waals surface area contributed by atoms with Crippen LogP contribution in [-0.2, 0) is 16.6 Å². The minimum atomic E-state index is -3.60. The molecule has 110 valence electrons. The lowest BCUT2D eigenvalue weighted by atomic mass is 10.3. The molecule has 1 aromatic rings. The van der Waals surface area contributed by atoms with Gasteiger partial charge in [0.2, 0.25) is 10.0 Å². The first kappa shape index (κ1) is 15.9. The van der Waals surface area contributed by atoms with Gasteiger partial charge in [-0.25, -0.2) is 13.1 Å². The molecule has 8 heteroatoms. The maximum absolute atomic E-state index is 12.1. The second-order valence-corrected chi connectivity index (χ2v) is 6.54. The molecule has 0 saturated carbocycles. The Bertz CT molecular complexity index is 509. The molecule has 0 saturated heterocycles. The van der Waals surface area contributed by atoms with Gasteiger partial charge in [0.05, 0.1) is 0 Å². The van der Waals surface area contributed by atoms with Crippen LogP contribution in [0.3, 0.4) is 0 Å². The molecule has 0 spiro atoms. The molecule has 0 aromatic carbocycles. The summed E-state index contributed by atoms with van der Waals surface area (Å²) in [5.41, 5.74) is 5.66. The number of likely N-dealkylation sites (N-methyl/N-ethyl adjacent to an activating group) is 1. The molecule has 0 bridgehead atoms. The number of sulfonamides is 1. The first-order valence-electron chi connectivity index (χ1n) is 6.27. The Balaban J connectivity index is 2.82. The SMILES string of the molecule is CCCn1cc(S(=O)(=O)NCC(C)N(C)C)c(N)n1. The summed E-state index contributed by atoms with van der Waals surface area (Å²) in [5.74, 6) is 0.0402. The molecule has 0 aliphatic rings. The lowest BCUT2D eigenvalue weighted by Gasteiger charge is -2.19. The van der Waals surface area contributed by atoms with E-state index in [0.29, 0.717) is 13.1 Å². The van der Waals surface area contributed by atoms with Crippen molar-refractivity contribution < 1.29 is 8.42 Å². The molecule has 0 fully saturated rings. The summed E-state index contributed by atoms with van der Waals surface area (Å²) in [6.45, 7) is 4.90. The van der Waals surface area contributed by atoms with Crippen LogP contribution < -0.4 is 10.5 Å². The molecule has 0 radical (unpaired) electrons. The summed E-state index contributed by atoms with van der Waals surface area (Å²) >= 11 is 0. The molecule has 7 nitrogen and oxygen atoms in total. The Labute approximate surface area is 114 Å². The summed E-state index contributed by atoms with van der Waals surface area (Å²) in [6.07, 6.45) is 2.34. The molecule has 3 N–H and O–H groups in total. The van der Waals surface area contributed by atoms with Crippen molar-refractivity contribution in [2.24, 2.45) is 0 Å². The summed E-state index contributed by atoms with van der Waals surface area (Å²) in [7, 11) is 0.189. The number of hydrogen-bond donors (Lipinski definition) is 2. The molecule has 0 aliphatic heterocycles. The highest BCUT2D eigenvalue weighted by molar-refractivity contribution is 7.89. The summed E-state index contributed by atoms with van der Waals surface area (Å²) in [6, 6.07) is 0.0988. The Morgan fingerprint density at radius 1 is 1.53 bits per heavy atom. The fraction of sp³-hybridized carbons (Fsp3) is 0.727. The van der Waals surface area contributed by atoms with Crippen molar-refractivity contribution in [2.45, 2.75) is 37.8 Å². The van der Waals surface area contributed by atoms with E-state index in [1.807, 2.05) is 32.8 Å². The van der Waals surface area contributed by atoms with E-state index in [0.717, 1.165) is 6.42 Å². The van der Waals surface area contributed by atoms with Crippen LogP contribution in [0.2, 0.25) is 0 Å². The minimum Gasteiger partial charge on any atom is -0.381 e. The van der Waals surface area contributed by atoms with Gasteiger partial charge in [0, 0.05) is 25.3 Å². The van der Waals surface area contributed by atoms with Crippen LogP contribution in [0.15, 0.2) is 11.1 Å². The van der Waals surface area contributed by atoms with Gasteiger partial charge >= 0.3 is 0 Å². The molecular weight excluding hydrogens is 266 g/mol. The van der Waals surface area contributed by atoms with E-state index in [2.05, 4.69) is 9.82 Å². The van der Waals surface area contributed by atoms with Crippen LogP contribution in [0.4, 0.5) is 5.82 Å². The van der Waals surface area contributed by atoms with Crippen molar-refractivity contribution in [2.75, 3.05) is 26.4 Å². The molecule has 1 rings (SSSR count). The number of nitrogen functional groups attached to an aromatic ring is 1. The van der Waals surface area contributed by atoms with Crippen LogP contribution in [0.5, 0.6) is 0 Å². The Hall–Kier alpha value is -1.12. The predicted molar refractivity (Wildman–Crippen MR) is 75.3 cm³/mol. The highest BCUT2D eigenvalue weighted by Crippen LogP contribution is 2.16. The Morgan fingerprint density at radius 3 is 2.68 bits per heavy atom. The number of aryl methyl sites for hydroxylation is 1. The maximum atomic E-state index is 12.1. The monoisotopic (exact) mass is 289 g/mol. The molecule has 1 atom stereocenters. The smallest absolute Gasteiger partial charge is 0.245 e. The van der Waals surface area contributed by atoms with Crippen LogP contribution in [-0.4, -0.2) is 49.8 Å². The second kappa shape index (κ2) is 6.36. The van der Waals surface area contributed by atoms with Gasteiger partial charge in [0.15, 0.2) is 5.82 Å². The quantitative estimate of drug-likeness (QED) is 0.743. The largest absolute Gasteiger partial charge is 0.381 e. The molecular formula is C11H23N5O2S. The van der Waals surface area contributed by atoms with Crippen molar-refractivity contribution in [1.29, 1.82) is 0 Å². The van der Waals surface area contributed by atoms with Gasteiger partial charge in [-0.15, -0.1) is 0 Å². The normalized spacial score (nSPS) is 13.9. The molecule has 1 unspecified atom stereocenters. The van der Waals surface area contributed by atoms with E-state index in [1.54, 1.807) is 4.68 Å². The van der Waals surface area contributed by atoms with Gasteiger partial charge in [-0.05, 0) is 27.4 Å². The topological polar surface area (TPSA) is 93.2 Å². The number of aromatic nitrogens is 2. The molecule has 1 heterocycles. The van der Waals surface area contributed by atoms with E-state index in [1.165, 1.54) is 6.20 Å². The molecule has 0 amide bonds. The lowest BCUT2D eigenvalue weighted by molar-refractivity contribution is 0.314. The first-order chi connectivity index (χ1) is 8.77. The van der Waals surface area contributed by atoms with Crippen molar-refractivity contribution in [1.82, 2.24) is 19.4 Å². The zero-order chi connectivity index (χ0) is 14.6. The first-order valence-corrected chi connectivity index (χ1v) is 7.75. The van der Waals surface area contributed by atoms with Gasteiger partial charge in [0.1, 0.15) is 4.90 Å². The lowest BCUT2D eigenvalue weighted by Crippen LogP contribution is -2.38. The Kier molecular flexibility index (Phi) is 5.33. The van der Waals surface area contributed by atoms with E-state index < -0.39 is 10.0 Å². The van der Waals surface area contributed by atoms with Crippen LogP contribution >= 0.6 is 0 Å². The van der Waals surface area contributed by atoms with E-state index in [-0.39, 0.29) is 16.8 Å². The molecule has 1 aromatic heterocycles.